The summed E-state index contributed by atoms with van der Waals surface area (Å²) in [5.74, 6) is -0.270. The van der Waals surface area contributed by atoms with E-state index in [9.17, 15) is 9.59 Å². The molecule has 2 aromatic heterocycles. The number of imide groups is 1. The molecule has 4 rings (SSSR count). The van der Waals surface area contributed by atoms with Gasteiger partial charge in [0.2, 0.25) is 5.91 Å². The lowest BCUT2D eigenvalue weighted by Crippen LogP contribution is -2.50. The van der Waals surface area contributed by atoms with Gasteiger partial charge in [-0.05, 0) is 23.6 Å². The lowest BCUT2D eigenvalue weighted by Gasteiger charge is -2.33. The molecule has 0 radical (unpaired) electrons. The SMILES string of the molecule is O=C(CN1CCN(Cc2nc3ccccc3s2)CC1)NC(=O)NCc1cccs1. The summed E-state index contributed by atoms with van der Waals surface area (Å²) in [5.41, 5.74) is 1.06. The molecule has 0 atom stereocenters. The molecule has 1 aliphatic rings. The quantitative estimate of drug-likeness (QED) is 0.630. The molecule has 1 saturated heterocycles. The normalized spacial score (nSPS) is 15.4. The van der Waals surface area contributed by atoms with Gasteiger partial charge in [-0.1, -0.05) is 18.2 Å². The number of nitrogens with one attached hydrogen (secondary N) is 2. The molecule has 2 N–H and O–H groups in total. The van der Waals surface area contributed by atoms with Crippen LogP contribution in [0.1, 0.15) is 9.88 Å². The highest BCUT2D eigenvalue weighted by Gasteiger charge is 2.20. The molecule has 1 aliphatic heterocycles. The second-order valence-corrected chi connectivity index (χ2v) is 9.09. The fourth-order valence-electron chi connectivity index (χ4n) is 3.28. The molecular formula is C20H23N5O2S2. The van der Waals surface area contributed by atoms with E-state index in [0.29, 0.717) is 6.54 Å². The first kappa shape index (κ1) is 20.0. The summed E-state index contributed by atoms with van der Waals surface area (Å²) in [6, 6.07) is 11.6. The molecule has 0 aliphatic carbocycles. The van der Waals surface area contributed by atoms with Crippen LogP contribution in [0.25, 0.3) is 10.2 Å². The van der Waals surface area contributed by atoms with Crippen LogP contribution in [-0.4, -0.2) is 59.4 Å². The summed E-state index contributed by atoms with van der Waals surface area (Å²) in [6.45, 7) is 4.87. The number of nitrogens with zero attached hydrogens (tertiary/aromatic N) is 3. The zero-order valence-corrected chi connectivity index (χ0v) is 17.6. The summed E-state index contributed by atoms with van der Waals surface area (Å²) in [6.07, 6.45) is 0. The number of piperazine rings is 1. The maximum atomic E-state index is 12.1. The van der Waals surface area contributed by atoms with Gasteiger partial charge in [-0.15, -0.1) is 22.7 Å². The Bertz CT molecular complexity index is 931. The standard InChI is InChI=1S/C20H23N5O2S2/c26-18(23-20(27)21-12-15-4-3-11-28-15)13-24-7-9-25(10-8-24)14-19-22-16-5-1-2-6-17(16)29-19/h1-6,11H,7-10,12-14H2,(H2,21,23,26,27). The molecule has 3 heterocycles. The van der Waals surface area contributed by atoms with E-state index in [4.69, 9.17) is 4.98 Å². The average Bonchev–Trinajstić information content (AvgIpc) is 3.37. The van der Waals surface area contributed by atoms with Crippen molar-refractivity contribution in [2.45, 2.75) is 13.1 Å². The Balaban J connectivity index is 1.17. The minimum atomic E-state index is -0.446. The highest BCUT2D eigenvalue weighted by molar-refractivity contribution is 7.18. The number of thiophene rings is 1. The molecule has 7 nitrogen and oxygen atoms in total. The lowest BCUT2D eigenvalue weighted by molar-refractivity contribution is -0.121. The fourth-order valence-corrected chi connectivity index (χ4v) is 4.93. The summed E-state index contributed by atoms with van der Waals surface area (Å²) in [7, 11) is 0. The van der Waals surface area contributed by atoms with E-state index >= 15 is 0 Å². The number of benzene rings is 1. The minimum Gasteiger partial charge on any atom is -0.333 e. The van der Waals surface area contributed by atoms with Gasteiger partial charge in [0.05, 0.1) is 29.9 Å². The van der Waals surface area contributed by atoms with Gasteiger partial charge in [0.15, 0.2) is 0 Å². The van der Waals surface area contributed by atoms with E-state index in [0.717, 1.165) is 48.1 Å². The molecule has 0 spiro atoms. The third kappa shape index (κ3) is 5.60. The fraction of sp³-hybridized carbons (Fsp3) is 0.350. The van der Waals surface area contributed by atoms with E-state index in [1.54, 1.807) is 22.7 Å². The number of fused-ring (bicyclic) bond motifs is 1. The predicted octanol–water partition coefficient (Wildman–Crippen LogP) is 2.50. The maximum Gasteiger partial charge on any atom is 0.321 e. The van der Waals surface area contributed by atoms with Gasteiger partial charge in [0.1, 0.15) is 5.01 Å². The first-order valence-electron chi connectivity index (χ1n) is 9.55. The molecule has 152 valence electrons. The van der Waals surface area contributed by atoms with Gasteiger partial charge < -0.3 is 5.32 Å². The number of aromatic nitrogens is 1. The van der Waals surface area contributed by atoms with Crippen molar-refractivity contribution in [1.82, 2.24) is 25.4 Å². The van der Waals surface area contributed by atoms with Crippen LogP contribution in [0.4, 0.5) is 4.79 Å². The van der Waals surface area contributed by atoms with Crippen molar-refractivity contribution in [3.63, 3.8) is 0 Å². The van der Waals surface area contributed by atoms with Crippen molar-refractivity contribution in [2.24, 2.45) is 0 Å². The summed E-state index contributed by atoms with van der Waals surface area (Å²) in [4.78, 5) is 34.2. The summed E-state index contributed by atoms with van der Waals surface area (Å²) >= 11 is 3.31. The van der Waals surface area contributed by atoms with Gasteiger partial charge in [-0.25, -0.2) is 9.78 Å². The zero-order valence-electron chi connectivity index (χ0n) is 16.0. The van der Waals surface area contributed by atoms with Crippen molar-refractivity contribution in [1.29, 1.82) is 0 Å². The Morgan fingerprint density at radius 3 is 2.59 bits per heavy atom. The number of urea groups is 1. The van der Waals surface area contributed by atoms with Crippen molar-refractivity contribution in [3.8, 4) is 0 Å². The van der Waals surface area contributed by atoms with Crippen LogP contribution in [-0.2, 0) is 17.9 Å². The van der Waals surface area contributed by atoms with Gasteiger partial charge in [-0.2, -0.15) is 0 Å². The molecule has 0 saturated carbocycles. The molecule has 29 heavy (non-hydrogen) atoms. The van der Waals surface area contributed by atoms with Crippen LogP contribution in [0, 0.1) is 0 Å². The molecule has 9 heteroatoms. The number of thiazole rings is 1. The Kier molecular flexibility index (Phi) is 6.50. The Morgan fingerprint density at radius 2 is 1.83 bits per heavy atom. The second kappa shape index (κ2) is 9.45. The maximum absolute atomic E-state index is 12.1. The number of carbonyl (C=O) groups is 2. The van der Waals surface area contributed by atoms with Crippen LogP contribution in [0.5, 0.6) is 0 Å². The number of hydrogen-bond acceptors (Lipinski definition) is 7. The molecule has 1 fully saturated rings. The first-order chi connectivity index (χ1) is 14.2. The molecule has 3 amide bonds. The number of carbonyl (C=O) groups excluding carboxylic acids is 2. The number of rotatable bonds is 6. The largest absolute Gasteiger partial charge is 0.333 e. The van der Waals surface area contributed by atoms with Crippen LogP contribution < -0.4 is 10.6 Å². The zero-order chi connectivity index (χ0) is 20.1. The minimum absolute atomic E-state index is 0.237. The van der Waals surface area contributed by atoms with E-state index in [-0.39, 0.29) is 12.5 Å². The predicted molar refractivity (Wildman–Crippen MR) is 116 cm³/mol. The average molecular weight is 430 g/mol. The third-order valence-corrected chi connectivity index (χ3v) is 6.68. The van der Waals surface area contributed by atoms with Crippen LogP contribution in [0.3, 0.4) is 0 Å². The lowest BCUT2D eigenvalue weighted by atomic mass is 10.3. The van der Waals surface area contributed by atoms with Crippen molar-refractivity contribution in [3.05, 3.63) is 51.7 Å². The van der Waals surface area contributed by atoms with Gasteiger partial charge >= 0.3 is 6.03 Å². The second-order valence-electron chi connectivity index (χ2n) is 6.94. The summed E-state index contributed by atoms with van der Waals surface area (Å²) < 4.78 is 1.22. The molecule has 0 bridgehead atoms. The molecular weight excluding hydrogens is 406 g/mol. The smallest absolute Gasteiger partial charge is 0.321 e. The Morgan fingerprint density at radius 1 is 1.03 bits per heavy atom. The molecule has 3 aromatic rings. The van der Waals surface area contributed by atoms with E-state index in [1.165, 1.54) is 4.70 Å². The van der Waals surface area contributed by atoms with Gasteiger partial charge in [0.25, 0.3) is 0 Å². The van der Waals surface area contributed by atoms with E-state index in [1.807, 2.05) is 35.7 Å². The Hall–Kier alpha value is -2.33. The topological polar surface area (TPSA) is 77.6 Å². The highest BCUT2D eigenvalue weighted by Crippen LogP contribution is 2.22. The van der Waals surface area contributed by atoms with E-state index < -0.39 is 6.03 Å². The molecule has 0 unspecified atom stereocenters. The van der Waals surface area contributed by atoms with Crippen molar-refractivity contribution in [2.75, 3.05) is 32.7 Å². The number of hydrogen-bond donors (Lipinski definition) is 2. The Labute approximate surface area is 177 Å². The number of para-hydroxylation sites is 1. The molecule has 1 aromatic carbocycles. The summed E-state index contributed by atoms with van der Waals surface area (Å²) in [5, 5.41) is 8.19. The number of amides is 3. The first-order valence-corrected chi connectivity index (χ1v) is 11.2. The third-order valence-electron chi connectivity index (χ3n) is 4.79. The highest BCUT2D eigenvalue weighted by atomic mass is 32.1. The monoisotopic (exact) mass is 429 g/mol. The van der Waals surface area contributed by atoms with Gasteiger partial charge in [0, 0.05) is 31.1 Å². The van der Waals surface area contributed by atoms with Crippen molar-refractivity contribution < 1.29 is 9.59 Å². The van der Waals surface area contributed by atoms with Crippen LogP contribution in [0.2, 0.25) is 0 Å². The van der Waals surface area contributed by atoms with Gasteiger partial charge in [-0.3, -0.25) is 19.9 Å². The van der Waals surface area contributed by atoms with Crippen LogP contribution >= 0.6 is 22.7 Å². The van der Waals surface area contributed by atoms with E-state index in [2.05, 4.69) is 26.5 Å². The van der Waals surface area contributed by atoms with Crippen molar-refractivity contribution >= 4 is 44.8 Å². The van der Waals surface area contributed by atoms with Crippen LogP contribution in [0.15, 0.2) is 41.8 Å².